The molecule has 220 valence electrons. The number of amides is 3. The Morgan fingerprint density at radius 1 is 0.795 bits per heavy atom. The summed E-state index contributed by atoms with van der Waals surface area (Å²) in [6.07, 6.45) is 5.36. The van der Waals surface area contributed by atoms with E-state index in [2.05, 4.69) is 16.0 Å². The number of carbonyl (C=O) groups is 4. The van der Waals surface area contributed by atoms with Gasteiger partial charge in [-0.05, 0) is 81.3 Å². The number of nitrogens with one attached hydrogen (secondary N) is 3. The predicted molar refractivity (Wildman–Crippen MR) is 152 cm³/mol. The minimum atomic E-state index is -1.18. The van der Waals surface area contributed by atoms with Crippen molar-refractivity contribution in [2.45, 2.75) is 75.5 Å². The van der Waals surface area contributed by atoms with Crippen molar-refractivity contribution in [3.63, 3.8) is 0 Å². The molecule has 0 saturated carbocycles. The highest BCUT2D eigenvalue weighted by Crippen LogP contribution is 2.13. The third-order valence-electron chi connectivity index (χ3n) is 6.12. The lowest BCUT2D eigenvalue weighted by Gasteiger charge is -2.25. The highest BCUT2D eigenvalue weighted by Gasteiger charge is 2.30. The monoisotopic (exact) mass is 568 g/mol. The number of aromatic hydroxyl groups is 1. The van der Waals surface area contributed by atoms with Crippen LogP contribution in [0.1, 0.15) is 50.5 Å². The van der Waals surface area contributed by atoms with E-state index in [0.717, 1.165) is 6.42 Å². The molecule has 13 heteroatoms. The summed E-state index contributed by atoms with van der Waals surface area (Å²) in [4.78, 5) is 51.0. The zero-order chi connectivity index (χ0) is 29.2. The van der Waals surface area contributed by atoms with Crippen LogP contribution in [0, 0.1) is 0 Å². The molecule has 0 aliphatic carbocycles. The summed E-state index contributed by atoms with van der Waals surface area (Å²) >= 11 is 1.45. The lowest BCUT2D eigenvalue weighted by molar-refractivity contribution is -0.142. The van der Waals surface area contributed by atoms with Gasteiger partial charge in [0.15, 0.2) is 0 Å². The molecule has 1 aromatic rings. The number of hydrogen-bond acceptors (Lipinski definition) is 9. The third kappa shape index (κ3) is 13.7. The van der Waals surface area contributed by atoms with Crippen molar-refractivity contribution in [2.24, 2.45) is 17.2 Å². The van der Waals surface area contributed by atoms with Crippen LogP contribution in [-0.2, 0) is 25.6 Å². The number of carboxylic acid groups (broad SMARTS) is 1. The maximum absolute atomic E-state index is 13.4. The van der Waals surface area contributed by atoms with Crippen LogP contribution in [-0.4, -0.2) is 83.2 Å². The summed E-state index contributed by atoms with van der Waals surface area (Å²) < 4.78 is 0. The van der Waals surface area contributed by atoms with Gasteiger partial charge in [-0.2, -0.15) is 11.8 Å². The van der Waals surface area contributed by atoms with Gasteiger partial charge in [0.05, 0.1) is 6.04 Å². The second kappa shape index (κ2) is 19.2. The van der Waals surface area contributed by atoms with Gasteiger partial charge in [-0.3, -0.25) is 14.4 Å². The molecule has 39 heavy (non-hydrogen) atoms. The van der Waals surface area contributed by atoms with Crippen LogP contribution in [0.15, 0.2) is 24.3 Å². The number of thioether (sulfide) groups is 1. The van der Waals surface area contributed by atoms with E-state index in [1.54, 1.807) is 12.1 Å². The number of carbonyl (C=O) groups excluding carboxylic acids is 3. The van der Waals surface area contributed by atoms with Crippen molar-refractivity contribution < 1.29 is 29.4 Å². The van der Waals surface area contributed by atoms with Crippen LogP contribution in [0.3, 0.4) is 0 Å². The Bertz CT molecular complexity index is 903. The molecule has 0 aliphatic heterocycles. The maximum atomic E-state index is 13.4. The fourth-order valence-electron chi connectivity index (χ4n) is 3.79. The Hall–Kier alpha value is -2.87. The van der Waals surface area contributed by atoms with Crippen LogP contribution in [0.25, 0.3) is 0 Å². The number of unbranched alkanes of at least 4 members (excludes halogenated alkanes) is 2. The summed E-state index contributed by atoms with van der Waals surface area (Å²) in [7, 11) is 0. The molecule has 11 N–H and O–H groups in total. The van der Waals surface area contributed by atoms with Crippen LogP contribution in [0.2, 0.25) is 0 Å². The van der Waals surface area contributed by atoms with Gasteiger partial charge in [0, 0.05) is 6.42 Å². The quantitative estimate of drug-likeness (QED) is 0.0968. The van der Waals surface area contributed by atoms with Gasteiger partial charge in [0.1, 0.15) is 23.9 Å². The minimum absolute atomic E-state index is 0.0365. The maximum Gasteiger partial charge on any atom is 0.326 e. The zero-order valence-electron chi connectivity index (χ0n) is 22.6. The van der Waals surface area contributed by atoms with Gasteiger partial charge in [0.2, 0.25) is 17.7 Å². The molecular weight excluding hydrogens is 524 g/mol. The van der Waals surface area contributed by atoms with Crippen molar-refractivity contribution >= 4 is 35.5 Å². The molecule has 0 spiro atoms. The smallest absolute Gasteiger partial charge is 0.326 e. The molecule has 1 rings (SSSR count). The van der Waals surface area contributed by atoms with Crippen molar-refractivity contribution in [3.05, 3.63) is 29.8 Å². The normalized spacial score (nSPS) is 14.1. The average molecular weight is 569 g/mol. The molecule has 4 unspecified atom stereocenters. The summed E-state index contributed by atoms with van der Waals surface area (Å²) in [6, 6.07) is 2.06. The number of rotatable bonds is 20. The summed E-state index contributed by atoms with van der Waals surface area (Å²) in [5, 5.41) is 27.1. The second-order valence-electron chi connectivity index (χ2n) is 9.35. The Kier molecular flexibility index (Phi) is 16.8. The van der Waals surface area contributed by atoms with E-state index in [1.165, 1.54) is 23.9 Å². The van der Waals surface area contributed by atoms with E-state index in [1.807, 2.05) is 6.26 Å². The number of carboxylic acids is 1. The average Bonchev–Trinajstić information content (AvgIpc) is 2.90. The molecule has 0 bridgehead atoms. The molecule has 3 amide bonds. The Morgan fingerprint density at radius 2 is 1.33 bits per heavy atom. The first-order valence-electron chi connectivity index (χ1n) is 13.2. The van der Waals surface area contributed by atoms with Crippen molar-refractivity contribution in [3.8, 4) is 5.75 Å². The molecule has 0 radical (unpaired) electrons. The SMILES string of the molecule is CSCCC(NC(=O)C(Cc1ccc(O)cc1)NC(=O)C(CCCCN)NC(=O)C(N)CCCCN)C(=O)O. The fourth-order valence-corrected chi connectivity index (χ4v) is 4.27. The first-order valence-corrected chi connectivity index (χ1v) is 14.6. The van der Waals surface area contributed by atoms with E-state index < -0.39 is 47.9 Å². The van der Waals surface area contributed by atoms with Crippen molar-refractivity contribution in [2.75, 3.05) is 25.1 Å². The number of phenolic OH excluding ortho intramolecular Hbond substituents is 1. The molecule has 4 atom stereocenters. The van der Waals surface area contributed by atoms with Crippen LogP contribution >= 0.6 is 11.8 Å². The highest BCUT2D eigenvalue weighted by atomic mass is 32.2. The summed E-state index contributed by atoms with van der Waals surface area (Å²) in [5.74, 6) is -2.37. The zero-order valence-corrected chi connectivity index (χ0v) is 23.4. The minimum Gasteiger partial charge on any atom is -0.508 e. The van der Waals surface area contributed by atoms with Gasteiger partial charge >= 0.3 is 5.97 Å². The predicted octanol–water partition coefficient (Wildman–Crippen LogP) is -0.188. The molecule has 12 nitrogen and oxygen atoms in total. The van der Waals surface area contributed by atoms with Crippen LogP contribution in [0.4, 0.5) is 0 Å². The van der Waals surface area contributed by atoms with Crippen molar-refractivity contribution in [1.29, 1.82) is 0 Å². The summed E-state index contributed by atoms with van der Waals surface area (Å²) in [6.45, 7) is 0.905. The Labute approximate surface area is 234 Å². The standard InChI is InChI=1S/C26H44N6O6S/c1-39-15-12-21(26(37)38)31-25(36)22(16-17-8-10-18(33)11-9-17)32-24(35)20(7-3-5-14-28)30-23(34)19(29)6-2-4-13-27/h8-11,19-22,33H,2-7,12-16,27-29H2,1H3,(H,30,34)(H,31,36)(H,32,35)(H,37,38). The lowest BCUT2D eigenvalue weighted by atomic mass is 10.0. The molecule has 0 heterocycles. The summed E-state index contributed by atoms with van der Waals surface area (Å²) in [5.41, 5.74) is 17.7. The van der Waals surface area contributed by atoms with Gasteiger partial charge < -0.3 is 43.4 Å². The largest absolute Gasteiger partial charge is 0.508 e. The van der Waals surface area contributed by atoms with E-state index in [9.17, 15) is 29.4 Å². The van der Waals surface area contributed by atoms with Crippen LogP contribution in [0.5, 0.6) is 5.75 Å². The Morgan fingerprint density at radius 3 is 1.90 bits per heavy atom. The van der Waals surface area contributed by atoms with Crippen LogP contribution < -0.4 is 33.2 Å². The number of nitrogens with two attached hydrogens (primary N) is 3. The van der Waals surface area contributed by atoms with E-state index in [0.29, 0.717) is 50.1 Å². The topological polar surface area (TPSA) is 223 Å². The number of phenols is 1. The first-order chi connectivity index (χ1) is 18.6. The fraction of sp³-hybridized carbons (Fsp3) is 0.615. The van der Waals surface area contributed by atoms with E-state index in [4.69, 9.17) is 17.2 Å². The molecule has 0 fully saturated rings. The molecular formula is C26H44N6O6S. The first kappa shape index (κ1) is 34.2. The number of benzene rings is 1. The lowest BCUT2D eigenvalue weighted by Crippen LogP contribution is -2.57. The molecule has 1 aromatic carbocycles. The third-order valence-corrected chi connectivity index (χ3v) is 6.76. The Balaban J connectivity index is 3.09. The number of aliphatic carboxylic acids is 1. The number of hydrogen-bond donors (Lipinski definition) is 8. The van der Waals surface area contributed by atoms with E-state index >= 15 is 0 Å². The molecule has 0 saturated heterocycles. The van der Waals surface area contributed by atoms with Gasteiger partial charge in [-0.25, -0.2) is 4.79 Å². The molecule has 0 aromatic heterocycles. The van der Waals surface area contributed by atoms with Crippen molar-refractivity contribution in [1.82, 2.24) is 16.0 Å². The highest BCUT2D eigenvalue weighted by molar-refractivity contribution is 7.98. The van der Waals surface area contributed by atoms with Gasteiger partial charge in [-0.15, -0.1) is 0 Å². The second-order valence-corrected chi connectivity index (χ2v) is 10.3. The van der Waals surface area contributed by atoms with E-state index in [-0.39, 0.29) is 25.0 Å². The van der Waals surface area contributed by atoms with Gasteiger partial charge in [0.25, 0.3) is 0 Å². The molecule has 0 aliphatic rings. The van der Waals surface area contributed by atoms with Gasteiger partial charge in [-0.1, -0.05) is 18.6 Å².